The van der Waals surface area contributed by atoms with Crippen molar-refractivity contribution in [3.8, 4) is 17.0 Å². The van der Waals surface area contributed by atoms with Gasteiger partial charge in [-0.3, -0.25) is 0 Å². The highest BCUT2D eigenvalue weighted by Gasteiger charge is 2.06. The summed E-state index contributed by atoms with van der Waals surface area (Å²) < 4.78 is 7.13. The summed E-state index contributed by atoms with van der Waals surface area (Å²) in [6.45, 7) is 0. The van der Waals surface area contributed by atoms with Gasteiger partial charge in [-0.25, -0.2) is 4.98 Å². The number of hydrogen-bond donors (Lipinski definition) is 1. The Kier molecular flexibility index (Phi) is 2.41. The predicted molar refractivity (Wildman–Crippen MR) is 71.6 cm³/mol. The molecule has 2 N–H and O–H groups in total. The van der Waals surface area contributed by atoms with Crippen LogP contribution in [0.3, 0.4) is 0 Å². The molecule has 2 aromatic heterocycles. The van der Waals surface area contributed by atoms with Crippen LogP contribution in [-0.4, -0.2) is 16.5 Å². The molecule has 0 bridgehead atoms. The van der Waals surface area contributed by atoms with E-state index in [1.165, 1.54) is 0 Å². The van der Waals surface area contributed by atoms with Gasteiger partial charge in [-0.15, -0.1) is 0 Å². The zero-order valence-electron chi connectivity index (χ0n) is 10.00. The molecule has 4 heteroatoms. The van der Waals surface area contributed by atoms with Crippen molar-refractivity contribution in [2.24, 2.45) is 0 Å². The summed E-state index contributed by atoms with van der Waals surface area (Å²) in [4.78, 5) is 4.55. The first-order valence-corrected chi connectivity index (χ1v) is 5.65. The number of hydrogen-bond acceptors (Lipinski definition) is 3. The Morgan fingerprint density at radius 3 is 2.83 bits per heavy atom. The summed E-state index contributed by atoms with van der Waals surface area (Å²) in [5.74, 6) is 0.683. The number of nitrogen functional groups attached to an aromatic ring is 1. The van der Waals surface area contributed by atoms with Gasteiger partial charge in [-0.2, -0.15) is 0 Å². The number of aromatic nitrogens is 2. The van der Waals surface area contributed by atoms with E-state index in [2.05, 4.69) is 4.98 Å². The third-order valence-corrected chi connectivity index (χ3v) is 2.89. The van der Waals surface area contributed by atoms with Crippen LogP contribution in [0, 0.1) is 0 Å². The second-order valence-corrected chi connectivity index (χ2v) is 4.05. The fourth-order valence-electron chi connectivity index (χ4n) is 1.97. The largest absolute Gasteiger partial charge is 0.495 e. The Balaban J connectivity index is 2.11. The molecule has 0 atom stereocenters. The SMILES string of the molecule is COc1ccc(-c2cn3ccccc3n2)cc1N. The zero-order valence-corrected chi connectivity index (χ0v) is 10.00. The van der Waals surface area contributed by atoms with E-state index in [9.17, 15) is 0 Å². The number of anilines is 1. The lowest BCUT2D eigenvalue weighted by molar-refractivity contribution is 0.417. The zero-order chi connectivity index (χ0) is 12.5. The number of imidazole rings is 1. The Morgan fingerprint density at radius 1 is 1.22 bits per heavy atom. The number of pyridine rings is 1. The smallest absolute Gasteiger partial charge is 0.141 e. The average Bonchev–Trinajstić information content (AvgIpc) is 2.82. The molecule has 90 valence electrons. The molecule has 3 rings (SSSR count). The molecule has 0 aliphatic heterocycles. The maximum absolute atomic E-state index is 5.90. The van der Waals surface area contributed by atoms with Crippen LogP contribution in [0.15, 0.2) is 48.8 Å². The lowest BCUT2D eigenvalue weighted by Gasteiger charge is -2.05. The molecule has 4 nitrogen and oxygen atoms in total. The van der Waals surface area contributed by atoms with Gasteiger partial charge in [0.2, 0.25) is 0 Å². The van der Waals surface area contributed by atoms with Gasteiger partial charge in [0.05, 0.1) is 18.5 Å². The second kappa shape index (κ2) is 4.07. The van der Waals surface area contributed by atoms with E-state index in [4.69, 9.17) is 10.5 Å². The molecule has 0 fully saturated rings. The van der Waals surface area contributed by atoms with Crippen molar-refractivity contribution in [2.45, 2.75) is 0 Å². The van der Waals surface area contributed by atoms with Crippen LogP contribution < -0.4 is 10.5 Å². The summed E-state index contributed by atoms with van der Waals surface area (Å²) in [5, 5.41) is 0. The summed E-state index contributed by atoms with van der Waals surface area (Å²) >= 11 is 0. The van der Waals surface area contributed by atoms with Crippen molar-refractivity contribution in [3.05, 3.63) is 48.8 Å². The number of nitrogens with zero attached hydrogens (tertiary/aromatic N) is 2. The summed E-state index contributed by atoms with van der Waals surface area (Å²) in [5.41, 5.74) is 9.32. The first-order chi connectivity index (χ1) is 8.78. The quantitative estimate of drug-likeness (QED) is 0.699. The molecule has 0 radical (unpaired) electrons. The van der Waals surface area contributed by atoms with E-state index in [1.807, 2.05) is 53.2 Å². The molecule has 1 aromatic carbocycles. The molecule has 0 saturated heterocycles. The lowest BCUT2D eigenvalue weighted by atomic mass is 10.1. The van der Waals surface area contributed by atoms with Gasteiger partial charge in [0.25, 0.3) is 0 Å². The van der Waals surface area contributed by atoms with Crippen molar-refractivity contribution in [2.75, 3.05) is 12.8 Å². The number of methoxy groups -OCH3 is 1. The number of benzene rings is 1. The predicted octanol–water partition coefficient (Wildman–Crippen LogP) is 2.59. The van der Waals surface area contributed by atoms with Crippen LogP contribution in [0.2, 0.25) is 0 Å². The lowest BCUT2D eigenvalue weighted by Crippen LogP contribution is -1.92. The highest BCUT2D eigenvalue weighted by molar-refractivity contribution is 5.69. The van der Waals surface area contributed by atoms with Crippen molar-refractivity contribution in [1.82, 2.24) is 9.38 Å². The minimum atomic E-state index is 0.618. The van der Waals surface area contributed by atoms with Crippen molar-refractivity contribution in [3.63, 3.8) is 0 Å². The Morgan fingerprint density at radius 2 is 2.11 bits per heavy atom. The van der Waals surface area contributed by atoms with Crippen molar-refractivity contribution < 1.29 is 4.74 Å². The normalized spacial score (nSPS) is 10.7. The van der Waals surface area contributed by atoms with E-state index in [1.54, 1.807) is 7.11 Å². The van der Waals surface area contributed by atoms with Gasteiger partial charge in [0.15, 0.2) is 0 Å². The summed E-state index contributed by atoms with van der Waals surface area (Å²) in [6, 6.07) is 11.6. The van der Waals surface area contributed by atoms with Gasteiger partial charge in [0, 0.05) is 18.0 Å². The molecule has 0 aliphatic rings. The summed E-state index contributed by atoms with van der Waals surface area (Å²) in [7, 11) is 1.61. The van der Waals surface area contributed by atoms with Crippen LogP contribution in [-0.2, 0) is 0 Å². The van der Waals surface area contributed by atoms with E-state index >= 15 is 0 Å². The van der Waals surface area contributed by atoms with Crippen LogP contribution in [0.4, 0.5) is 5.69 Å². The molecule has 0 saturated carbocycles. The van der Waals surface area contributed by atoms with Gasteiger partial charge < -0.3 is 14.9 Å². The maximum atomic E-state index is 5.90. The number of rotatable bonds is 2. The van der Waals surface area contributed by atoms with Crippen LogP contribution in [0.5, 0.6) is 5.75 Å². The van der Waals surface area contributed by atoms with Crippen LogP contribution in [0.1, 0.15) is 0 Å². The fraction of sp³-hybridized carbons (Fsp3) is 0.0714. The highest BCUT2D eigenvalue weighted by Crippen LogP contribution is 2.27. The molecule has 0 amide bonds. The standard InChI is InChI=1S/C14H13N3O/c1-18-13-6-5-10(8-11(13)15)12-9-17-7-3-2-4-14(17)16-12/h2-9H,15H2,1H3. The molecular weight excluding hydrogens is 226 g/mol. The average molecular weight is 239 g/mol. The van der Waals surface area contributed by atoms with E-state index in [0.29, 0.717) is 11.4 Å². The Hall–Kier alpha value is -2.49. The molecule has 0 aliphatic carbocycles. The molecular formula is C14H13N3O. The van der Waals surface area contributed by atoms with Gasteiger partial charge in [-0.05, 0) is 30.3 Å². The second-order valence-electron chi connectivity index (χ2n) is 4.05. The Bertz CT molecular complexity index is 670. The number of nitrogens with two attached hydrogens (primary N) is 1. The van der Waals surface area contributed by atoms with Crippen molar-refractivity contribution >= 4 is 11.3 Å². The topological polar surface area (TPSA) is 52.5 Å². The molecule has 2 heterocycles. The van der Waals surface area contributed by atoms with Crippen molar-refractivity contribution in [1.29, 1.82) is 0 Å². The number of ether oxygens (including phenoxy) is 1. The first kappa shape index (κ1) is 10.7. The van der Waals surface area contributed by atoms with Crippen LogP contribution >= 0.6 is 0 Å². The maximum Gasteiger partial charge on any atom is 0.141 e. The van der Waals surface area contributed by atoms with Gasteiger partial charge in [-0.1, -0.05) is 6.07 Å². The molecule has 0 spiro atoms. The molecule has 3 aromatic rings. The van der Waals surface area contributed by atoms with Gasteiger partial charge in [0.1, 0.15) is 11.4 Å². The first-order valence-electron chi connectivity index (χ1n) is 5.65. The summed E-state index contributed by atoms with van der Waals surface area (Å²) in [6.07, 6.45) is 3.95. The minimum Gasteiger partial charge on any atom is -0.495 e. The van der Waals surface area contributed by atoms with Gasteiger partial charge >= 0.3 is 0 Å². The molecule has 18 heavy (non-hydrogen) atoms. The van der Waals surface area contributed by atoms with Crippen LogP contribution in [0.25, 0.3) is 16.9 Å². The minimum absolute atomic E-state index is 0.618. The number of fused-ring (bicyclic) bond motifs is 1. The van der Waals surface area contributed by atoms with E-state index in [-0.39, 0.29) is 0 Å². The molecule has 0 unspecified atom stereocenters. The van der Waals surface area contributed by atoms with E-state index in [0.717, 1.165) is 16.9 Å². The third-order valence-electron chi connectivity index (χ3n) is 2.89. The van der Waals surface area contributed by atoms with E-state index < -0.39 is 0 Å². The fourth-order valence-corrected chi connectivity index (χ4v) is 1.97. The highest BCUT2D eigenvalue weighted by atomic mass is 16.5. The third kappa shape index (κ3) is 1.68. The Labute approximate surface area is 105 Å². The monoisotopic (exact) mass is 239 g/mol.